The van der Waals surface area contributed by atoms with Crippen molar-refractivity contribution in [3.05, 3.63) is 65.5 Å². The van der Waals surface area contributed by atoms with Gasteiger partial charge in [-0.2, -0.15) is 0 Å². The molecule has 2 aromatic carbocycles. The molecule has 0 unspecified atom stereocenters. The van der Waals surface area contributed by atoms with Gasteiger partial charge in [0.2, 0.25) is 5.91 Å². The van der Waals surface area contributed by atoms with E-state index in [4.69, 9.17) is 10.5 Å². The molecule has 0 aliphatic carbocycles. The van der Waals surface area contributed by atoms with Gasteiger partial charge in [0.1, 0.15) is 23.7 Å². The lowest BCUT2D eigenvalue weighted by molar-refractivity contribution is -0.131. The average Bonchev–Trinajstić information content (AvgIpc) is 2.99. The lowest BCUT2D eigenvalue weighted by atomic mass is 9.97. The van der Waals surface area contributed by atoms with Gasteiger partial charge in [0.05, 0.1) is 6.61 Å². The predicted molar refractivity (Wildman–Crippen MR) is 95.9 cm³/mol. The SMILES string of the molecule is CN1[C@@H](c2ccc(OCc3ccccc3F)cc2)CC[C@@]1(CO)C(N)=O. The molecule has 1 amide bonds. The number of aliphatic hydroxyl groups excluding tert-OH is 1. The fraction of sp³-hybridized carbons (Fsp3) is 0.350. The highest BCUT2D eigenvalue weighted by Crippen LogP contribution is 2.41. The highest BCUT2D eigenvalue weighted by molar-refractivity contribution is 5.85. The lowest BCUT2D eigenvalue weighted by Crippen LogP contribution is -2.55. The monoisotopic (exact) mass is 358 g/mol. The zero-order chi connectivity index (χ0) is 18.7. The minimum atomic E-state index is -1.01. The number of likely N-dealkylation sites (N-methyl/N-ethyl adjacent to an activating group) is 1. The van der Waals surface area contributed by atoms with Gasteiger partial charge in [-0.3, -0.25) is 9.69 Å². The third-order valence-electron chi connectivity index (χ3n) is 5.31. The molecule has 2 atom stereocenters. The number of carbonyl (C=O) groups excluding carboxylic acids is 1. The van der Waals surface area contributed by atoms with Gasteiger partial charge in [0, 0.05) is 11.6 Å². The number of carbonyl (C=O) groups is 1. The van der Waals surface area contributed by atoms with Gasteiger partial charge in [0.15, 0.2) is 0 Å². The summed E-state index contributed by atoms with van der Waals surface area (Å²) in [6, 6.07) is 14.0. The van der Waals surface area contributed by atoms with E-state index in [0.29, 0.717) is 17.7 Å². The molecule has 1 heterocycles. The molecule has 0 radical (unpaired) electrons. The maximum atomic E-state index is 13.6. The summed E-state index contributed by atoms with van der Waals surface area (Å²) < 4.78 is 19.3. The summed E-state index contributed by atoms with van der Waals surface area (Å²) >= 11 is 0. The van der Waals surface area contributed by atoms with E-state index >= 15 is 0 Å². The minimum absolute atomic E-state index is 0.00438. The fourth-order valence-electron chi connectivity index (χ4n) is 3.56. The summed E-state index contributed by atoms with van der Waals surface area (Å²) in [7, 11) is 1.81. The second kappa shape index (κ2) is 7.43. The van der Waals surface area contributed by atoms with Crippen LogP contribution in [-0.4, -0.2) is 35.1 Å². The lowest BCUT2D eigenvalue weighted by Gasteiger charge is -2.34. The van der Waals surface area contributed by atoms with E-state index in [1.807, 2.05) is 29.2 Å². The molecule has 6 heteroatoms. The summed E-state index contributed by atoms with van der Waals surface area (Å²) in [5.41, 5.74) is 6.02. The van der Waals surface area contributed by atoms with Crippen LogP contribution in [-0.2, 0) is 11.4 Å². The van der Waals surface area contributed by atoms with Crippen molar-refractivity contribution >= 4 is 5.91 Å². The quantitative estimate of drug-likeness (QED) is 0.831. The molecule has 2 aromatic rings. The molecule has 1 saturated heterocycles. The topological polar surface area (TPSA) is 75.8 Å². The van der Waals surface area contributed by atoms with Crippen LogP contribution in [0, 0.1) is 5.82 Å². The number of halogens is 1. The number of benzene rings is 2. The molecule has 26 heavy (non-hydrogen) atoms. The summed E-state index contributed by atoms with van der Waals surface area (Å²) in [6.07, 6.45) is 1.25. The first-order chi connectivity index (χ1) is 12.5. The van der Waals surface area contributed by atoms with Crippen LogP contribution in [0.25, 0.3) is 0 Å². The van der Waals surface area contributed by atoms with Gasteiger partial charge in [-0.05, 0) is 43.7 Å². The molecule has 5 nitrogen and oxygen atoms in total. The largest absolute Gasteiger partial charge is 0.489 e. The fourth-order valence-corrected chi connectivity index (χ4v) is 3.56. The summed E-state index contributed by atoms with van der Waals surface area (Å²) in [5.74, 6) is -0.153. The zero-order valence-electron chi connectivity index (χ0n) is 14.7. The number of primary amides is 1. The molecule has 3 rings (SSSR count). The van der Waals surface area contributed by atoms with Crippen molar-refractivity contribution in [2.24, 2.45) is 5.73 Å². The molecule has 1 aliphatic heterocycles. The van der Waals surface area contributed by atoms with E-state index in [0.717, 1.165) is 12.0 Å². The Bertz CT molecular complexity index is 781. The Labute approximate surface area is 152 Å². The third-order valence-corrected chi connectivity index (χ3v) is 5.31. The first kappa shape index (κ1) is 18.4. The third kappa shape index (κ3) is 3.30. The Morgan fingerprint density at radius 3 is 2.58 bits per heavy atom. The second-order valence-corrected chi connectivity index (χ2v) is 6.67. The number of nitrogens with zero attached hydrogens (tertiary/aromatic N) is 1. The van der Waals surface area contributed by atoms with E-state index in [9.17, 15) is 14.3 Å². The molecule has 0 spiro atoms. The number of rotatable bonds is 6. The number of ether oxygens (including phenoxy) is 1. The van der Waals surface area contributed by atoms with Crippen LogP contribution in [0.15, 0.2) is 48.5 Å². The van der Waals surface area contributed by atoms with E-state index in [-0.39, 0.29) is 25.1 Å². The van der Waals surface area contributed by atoms with Crippen molar-refractivity contribution < 1.29 is 19.0 Å². The van der Waals surface area contributed by atoms with Crippen molar-refractivity contribution in [1.82, 2.24) is 4.90 Å². The molecule has 3 N–H and O–H groups in total. The van der Waals surface area contributed by atoms with E-state index in [2.05, 4.69) is 0 Å². The van der Waals surface area contributed by atoms with Gasteiger partial charge in [-0.1, -0.05) is 30.3 Å². The molecular weight excluding hydrogens is 335 g/mol. The summed E-state index contributed by atoms with van der Waals surface area (Å²) in [4.78, 5) is 13.7. The highest BCUT2D eigenvalue weighted by atomic mass is 19.1. The number of likely N-dealkylation sites (tertiary alicyclic amines) is 1. The van der Waals surface area contributed by atoms with E-state index in [1.54, 1.807) is 25.2 Å². The van der Waals surface area contributed by atoms with Crippen molar-refractivity contribution in [1.29, 1.82) is 0 Å². The number of nitrogens with two attached hydrogens (primary N) is 1. The van der Waals surface area contributed by atoms with Gasteiger partial charge in [-0.25, -0.2) is 4.39 Å². The molecule has 1 aliphatic rings. The molecule has 138 valence electrons. The molecule has 0 saturated carbocycles. The Morgan fingerprint density at radius 2 is 2.00 bits per heavy atom. The standard InChI is InChI=1S/C20H23FN2O3/c1-23-18(10-11-20(23,13-24)19(22)25)14-6-8-16(9-7-14)26-12-15-4-2-3-5-17(15)21/h2-9,18,24H,10-13H2,1H3,(H2,22,25)/t18-,20-/m1/s1. The van der Waals surface area contributed by atoms with Crippen LogP contribution in [0.2, 0.25) is 0 Å². The van der Waals surface area contributed by atoms with Crippen molar-refractivity contribution in [2.45, 2.75) is 31.0 Å². The number of hydrogen-bond acceptors (Lipinski definition) is 4. The Kier molecular flexibility index (Phi) is 5.25. The van der Waals surface area contributed by atoms with Crippen LogP contribution in [0.5, 0.6) is 5.75 Å². The average molecular weight is 358 g/mol. The van der Waals surface area contributed by atoms with Crippen LogP contribution in [0.3, 0.4) is 0 Å². The number of aliphatic hydroxyl groups is 1. The first-order valence-electron chi connectivity index (χ1n) is 8.58. The Morgan fingerprint density at radius 1 is 1.31 bits per heavy atom. The second-order valence-electron chi connectivity index (χ2n) is 6.67. The molecule has 0 bridgehead atoms. The maximum absolute atomic E-state index is 13.6. The van der Waals surface area contributed by atoms with Gasteiger partial charge in [0.25, 0.3) is 0 Å². The molecule has 1 fully saturated rings. The summed E-state index contributed by atoms with van der Waals surface area (Å²) in [5, 5.41) is 9.67. The van der Waals surface area contributed by atoms with Gasteiger partial charge in [-0.15, -0.1) is 0 Å². The van der Waals surface area contributed by atoms with E-state index in [1.165, 1.54) is 6.07 Å². The molecular formula is C20H23FN2O3. The van der Waals surface area contributed by atoms with Crippen LogP contribution in [0.4, 0.5) is 4.39 Å². The van der Waals surface area contributed by atoms with Crippen LogP contribution in [0.1, 0.15) is 30.0 Å². The first-order valence-corrected chi connectivity index (χ1v) is 8.58. The molecule has 0 aromatic heterocycles. The predicted octanol–water partition coefficient (Wildman–Crippen LogP) is 2.39. The Hall–Kier alpha value is -2.44. The summed E-state index contributed by atoms with van der Waals surface area (Å²) in [6.45, 7) is -0.135. The highest BCUT2D eigenvalue weighted by Gasteiger charge is 2.48. The van der Waals surface area contributed by atoms with E-state index < -0.39 is 11.4 Å². The number of amides is 1. The van der Waals surface area contributed by atoms with Crippen LogP contribution >= 0.6 is 0 Å². The number of hydrogen-bond donors (Lipinski definition) is 2. The normalized spacial score (nSPS) is 23.1. The minimum Gasteiger partial charge on any atom is -0.489 e. The van der Waals surface area contributed by atoms with Crippen molar-refractivity contribution in [3.63, 3.8) is 0 Å². The van der Waals surface area contributed by atoms with Crippen LogP contribution < -0.4 is 10.5 Å². The van der Waals surface area contributed by atoms with Gasteiger partial charge >= 0.3 is 0 Å². The smallest absolute Gasteiger partial charge is 0.240 e. The van der Waals surface area contributed by atoms with Crippen molar-refractivity contribution in [3.8, 4) is 5.75 Å². The maximum Gasteiger partial charge on any atom is 0.240 e. The van der Waals surface area contributed by atoms with Crippen molar-refractivity contribution in [2.75, 3.05) is 13.7 Å². The Balaban J connectivity index is 1.68. The van der Waals surface area contributed by atoms with Gasteiger partial charge < -0.3 is 15.6 Å². The zero-order valence-corrected chi connectivity index (χ0v) is 14.7.